The van der Waals surface area contributed by atoms with Gasteiger partial charge in [0.25, 0.3) is 5.91 Å². The Labute approximate surface area is 198 Å². The molecular weight excluding hydrogens is 459 g/mol. The Morgan fingerprint density at radius 3 is 2.35 bits per heavy atom. The maximum Gasteiger partial charge on any atom is 0.261 e. The molecule has 2 rings (SSSR count). The van der Waals surface area contributed by atoms with Gasteiger partial charge >= 0.3 is 0 Å². The molecule has 0 aliphatic rings. The molecule has 0 heterocycles. The van der Waals surface area contributed by atoms with Crippen LogP contribution in [-0.2, 0) is 16.1 Å². The maximum absolute atomic E-state index is 13.2. The Morgan fingerprint density at radius 1 is 1.03 bits per heavy atom. The second kappa shape index (κ2) is 12.2. The number of nitrogens with one attached hydrogen (secondary N) is 1. The lowest BCUT2D eigenvalue weighted by atomic mass is 10.1. The van der Waals surface area contributed by atoms with E-state index in [0.29, 0.717) is 27.2 Å². The highest BCUT2D eigenvalue weighted by atomic mass is 35.5. The number of hydrogen-bond acceptors (Lipinski definition) is 3. The van der Waals surface area contributed by atoms with Crippen molar-refractivity contribution in [3.63, 3.8) is 0 Å². The Kier molecular flexibility index (Phi) is 9.94. The average Bonchev–Trinajstić information content (AvgIpc) is 2.74. The van der Waals surface area contributed by atoms with Crippen molar-refractivity contribution < 1.29 is 14.3 Å². The molecule has 0 radical (unpaired) electrons. The average molecular weight is 486 g/mol. The molecule has 0 saturated carbocycles. The molecule has 0 fully saturated rings. The highest BCUT2D eigenvalue weighted by Gasteiger charge is 2.30. The summed E-state index contributed by atoms with van der Waals surface area (Å²) < 4.78 is 5.63. The molecule has 0 aliphatic carbocycles. The number of amides is 2. The van der Waals surface area contributed by atoms with Crippen molar-refractivity contribution in [1.29, 1.82) is 0 Å². The third kappa shape index (κ3) is 7.30. The molecule has 0 aliphatic heterocycles. The van der Waals surface area contributed by atoms with Gasteiger partial charge in [-0.3, -0.25) is 9.59 Å². The van der Waals surface area contributed by atoms with Gasteiger partial charge < -0.3 is 15.0 Å². The monoisotopic (exact) mass is 484 g/mol. The summed E-state index contributed by atoms with van der Waals surface area (Å²) in [5, 5.41) is 4.26. The van der Waals surface area contributed by atoms with E-state index < -0.39 is 6.04 Å². The number of ether oxygens (including phenoxy) is 1. The van der Waals surface area contributed by atoms with E-state index in [2.05, 4.69) is 5.32 Å². The van der Waals surface area contributed by atoms with Crippen molar-refractivity contribution in [2.24, 2.45) is 0 Å². The van der Waals surface area contributed by atoms with Crippen LogP contribution in [0.15, 0.2) is 42.5 Å². The minimum atomic E-state index is -0.665. The van der Waals surface area contributed by atoms with Crippen molar-refractivity contribution in [2.45, 2.75) is 52.2 Å². The number of carbonyl (C=O) groups is 2. The number of hydrogen-bond donors (Lipinski definition) is 1. The first-order valence-corrected chi connectivity index (χ1v) is 11.3. The standard InChI is InChI=1S/C23H27Cl3N2O3/c1-4-15(3)27-23(30)20(5-2)28(13-16-8-6-7-9-18(16)25)22(29)14-31-21-11-10-17(24)12-19(21)26/h6-12,15,20H,4-5,13-14H2,1-3H3,(H,27,30)/t15-,20+/m1/s1. The first-order valence-electron chi connectivity index (χ1n) is 10.2. The lowest BCUT2D eigenvalue weighted by Crippen LogP contribution is -2.51. The Hall–Kier alpha value is -1.95. The zero-order chi connectivity index (χ0) is 23.0. The summed E-state index contributed by atoms with van der Waals surface area (Å²) in [4.78, 5) is 27.6. The van der Waals surface area contributed by atoms with Crippen LogP contribution < -0.4 is 10.1 Å². The number of nitrogens with zero attached hydrogens (tertiary/aromatic N) is 1. The highest BCUT2D eigenvalue weighted by molar-refractivity contribution is 6.35. The molecule has 168 valence electrons. The van der Waals surface area contributed by atoms with E-state index in [1.165, 1.54) is 4.90 Å². The van der Waals surface area contributed by atoms with Crippen molar-refractivity contribution in [1.82, 2.24) is 10.2 Å². The number of rotatable bonds is 10. The van der Waals surface area contributed by atoms with Gasteiger partial charge in [-0.25, -0.2) is 0 Å². The van der Waals surface area contributed by atoms with Crippen LogP contribution in [0.5, 0.6) is 5.75 Å². The van der Waals surface area contributed by atoms with Crippen molar-refractivity contribution >= 4 is 46.6 Å². The van der Waals surface area contributed by atoms with Gasteiger partial charge in [-0.1, -0.05) is 66.8 Å². The predicted molar refractivity (Wildman–Crippen MR) is 126 cm³/mol. The van der Waals surface area contributed by atoms with Gasteiger partial charge in [0.15, 0.2) is 6.61 Å². The zero-order valence-electron chi connectivity index (χ0n) is 17.8. The summed E-state index contributed by atoms with van der Waals surface area (Å²) in [5.41, 5.74) is 0.747. The summed E-state index contributed by atoms with van der Waals surface area (Å²) in [7, 11) is 0. The molecular formula is C23H27Cl3N2O3. The van der Waals surface area contributed by atoms with Gasteiger partial charge in [-0.2, -0.15) is 0 Å². The number of carbonyl (C=O) groups excluding carboxylic acids is 2. The van der Waals surface area contributed by atoms with Crippen LogP contribution in [0.3, 0.4) is 0 Å². The van der Waals surface area contributed by atoms with E-state index in [-0.39, 0.29) is 31.0 Å². The third-order valence-corrected chi connectivity index (χ3v) is 5.83. The van der Waals surface area contributed by atoms with Crippen molar-refractivity contribution in [2.75, 3.05) is 6.61 Å². The SMILES string of the molecule is CC[C@@H](C)NC(=O)[C@H](CC)N(Cc1ccccc1Cl)C(=O)COc1ccc(Cl)cc1Cl. The van der Waals surface area contributed by atoms with Gasteiger partial charge in [0.1, 0.15) is 11.8 Å². The van der Waals surface area contributed by atoms with E-state index in [0.717, 1.165) is 12.0 Å². The fourth-order valence-corrected chi connectivity index (χ4v) is 3.64. The van der Waals surface area contributed by atoms with Crippen LogP contribution in [0.2, 0.25) is 15.1 Å². The molecule has 1 N–H and O–H groups in total. The number of halogens is 3. The van der Waals surface area contributed by atoms with Crippen LogP contribution in [0, 0.1) is 0 Å². The normalized spacial score (nSPS) is 12.7. The molecule has 2 aromatic carbocycles. The first-order chi connectivity index (χ1) is 14.8. The van der Waals surface area contributed by atoms with Crippen LogP contribution in [-0.4, -0.2) is 35.4 Å². The van der Waals surface area contributed by atoms with E-state index in [4.69, 9.17) is 39.5 Å². The Bertz CT molecular complexity index is 907. The lowest BCUT2D eigenvalue weighted by molar-refractivity contribution is -0.143. The van der Waals surface area contributed by atoms with Crippen LogP contribution in [0.4, 0.5) is 0 Å². The van der Waals surface area contributed by atoms with Gasteiger partial charge in [-0.15, -0.1) is 0 Å². The maximum atomic E-state index is 13.2. The Morgan fingerprint density at radius 2 is 1.74 bits per heavy atom. The molecule has 31 heavy (non-hydrogen) atoms. The minimum absolute atomic E-state index is 0.00272. The highest BCUT2D eigenvalue weighted by Crippen LogP contribution is 2.28. The molecule has 2 amide bonds. The van der Waals surface area contributed by atoms with E-state index in [1.807, 2.05) is 39.0 Å². The topological polar surface area (TPSA) is 58.6 Å². The van der Waals surface area contributed by atoms with Gasteiger partial charge in [0, 0.05) is 22.6 Å². The fourth-order valence-electron chi connectivity index (χ4n) is 2.99. The Balaban J connectivity index is 2.25. The largest absolute Gasteiger partial charge is 0.482 e. The predicted octanol–water partition coefficient (Wildman–Crippen LogP) is 5.75. The molecule has 0 unspecified atom stereocenters. The summed E-state index contributed by atoms with van der Waals surface area (Å²) in [5.74, 6) is -0.215. The summed E-state index contributed by atoms with van der Waals surface area (Å²) >= 11 is 18.4. The smallest absolute Gasteiger partial charge is 0.261 e. The second-order valence-corrected chi connectivity index (χ2v) is 8.47. The second-order valence-electron chi connectivity index (χ2n) is 7.22. The molecule has 2 aromatic rings. The van der Waals surface area contributed by atoms with Gasteiger partial charge in [0.05, 0.1) is 5.02 Å². The molecule has 0 spiro atoms. The zero-order valence-corrected chi connectivity index (χ0v) is 20.1. The molecule has 8 heteroatoms. The molecule has 0 saturated heterocycles. The lowest BCUT2D eigenvalue weighted by Gasteiger charge is -2.31. The first kappa shape index (κ1) is 25.3. The fraction of sp³-hybridized carbons (Fsp3) is 0.391. The summed E-state index contributed by atoms with van der Waals surface area (Å²) in [6.07, 6.45) is 1.24. The minimum Gasteiger partial charge on any atom is -0.482 e. The van der Waals surface area contributed by atoms with Crippen LogP contribution in [0.1, 0.15) is 39.2 Å². The quantitative estimate of drug-likeness (QED) is 0.466. The van der Waals surface area contributed by atoms with Gasteiger partial charge in [0.2, 0.25) is 5.91 Å². The van der Waals surface area contributed by atoms with E-state index >= 15 is 0 Å². The third-order valence-electron chi connectivity index (χ3n) is 4.93. The molecule has 0 aromatic heterocycles. The van der Waals surface area contributed by atoms with Gasteiger partial charge in [-0.05, 0) is 49.6 Å². The summed E-state index contributed by atoms with van der Waals surface area (Å²) in [6.45, 7) is 5.69. The van der Waals surface area contributed by atoms with Crippen LogP contribution in [0.25, 0.3) is 0 Å². The molecule has 0 bridgehead atoms. The van der Waals surface area contributed by atoms with Crippen LogP contribution >= 0.6 is 34.8 Å². The number of benzene rings is 2. The summed E-state index contributed by atoms with van der Waals surface area (Å²) in [6, 6.07) is 11.4. The molecule has 2 atom stereocenters. The van der Waals surface area contributed by atoms with E-state index in [1.54, 1.807) is 24.3 Å². The molecule has 5 nitrogen and oxygen atoms in total. The van der Waals surface area contributed by atoms with Crippen molar-refractivity contribution in [3.05, 3.63) is 63.1 Å². The van der Waals surface area contributed by atoms with E-state index in [9.17, 15) is 9.59 Å². The van der Waals surface area contributed by atoms with Crippen molar-refractivity contribution in [3.8, 4) is 5.75 Å².